The summed E-state index contributed by atoms with van der Waals surface area (Å²) in [6.07, 6.45) is 8.70. The first-order chi connectivity index (χ1) is 11.7. The van der Waals surface area contributed by atoms with E-state index in [1.165, 1.54) is 18.4 Å². The molecule has 2 atom stereocenters. The summed E-state index contributed by atoms with van der Waals surface area (Å²) in [7, 11) is 0. The minimum Gasteiger partial charge on any atom is -0.467 e. The maximum absolute atomic E-state index is 10.3. The third kappa shape index (κ3) is 4.93. The smallest absolute Gasteiger partial charge is 0.129 e. The summed E-state index contributed by atoms with van der Waals surface area (Å²) in [5.74, 6) is 0.784. The Morgan fingerprint density at radius 3 is 3.12 bits per heavy atom. The average Bonchev–Trinajstić information content (AvgIpc) is 3.21. The Balaban J connectivity index is 1.45. The number of aliphatic hydroxyl groups excluding tert-OH is 1. The van der Waals surface area contributed by atoms with E-state index in [0.29, 0.717) is 25.8 Å². The van der Waals surface area contributed by atoms with Crippen molar-refractivity contribution in [1.82, 2.24) is 14.7 Å². The summed E-state index contributed by atoms with van der Waals surface area (Å²) < 4.78 is 12.8. The summed E-state index contributed by atoms with van der Waals surface area (Å²) in [6.45, 7) is 5.34. The SMILES string of the molecule is Cc1cnn(CC2CCCCN2CC(O)COCc2ccco2)c1. The average molecular weight is 333 g/mol. The maximum Gasteiger partial charge on any atom is 0.129 e. The molecule has 0 spiro atoms. The van der Waals surface area contributed by atoms with Crippen LogP contribution in [-0.2, 0) is 17.9 Å². The van der Waals surface area contributed by atoms with Gasteiger partial charge >= 0.3 is 0 Å². The minimum absolute atomic E-state index is 0.324. The minimum atomic E-state index is -0.486. The molecular weight excluding hydrogens is 306 g/mol. The van der Waals surface area contributed by atoms with Gasteiger partial charge in [0.25, 0.3) is 0 Å². The number of aliphatic hydroxyl groups is 1. The molecule has 0 amide bonds. The maximum atomic E-state index is 10.3. The van der Waals surface area contributed by atoms with Crippen molar-refractivity contribution in [1.29, 1.82) is 0 Å². The van der Waals surface area contributed by atoms with Crippen molar-refractivity contribution in [2.75, 3.05) is 19.7 Å². The molecule has 24 heavy (non-hydrogen) atoms. The van der Waals surface area contributed by atoms with Gasteiger partial charge in [-0.15, -0.1) is 0 Å². The number of hydrogen-bond acceptors (Lipinski definition) is 5. The van der Waals surface area contributed by atoms with Gasteiger partial charge in [-0.2, -0.15) is 5.10 Å². The number of ether oxygens (including phenoxy) is 1. The van der Waals surface area contributed by atoms with Gasteiger partial charge in [0.1, 0.15) is 12.4 Å². The number of piperidine rings is 1. The van der Waals surface area contributed by atoms with E-state index in [2.05, 4.69) is 23.1 Å². The van der Waals surface area contributed by atoms with Crippen LogP contribution in [0.1, 0.15) is 30.6 Å². The molecule has 3 heterocycles. The second kappa shape index (κ2) is 8.46. The van der Waals surface area contributed by atoms with Crippen LogP contribution in [-0.4, -0.2) is 51.6 Å². The molecule has 2 unspecified atom stereocenters. The van der Waals surface area contributed by atoms with E-state index in [9.17, 15) is 5.11 Å². The van der Waals surface area contributed by atoms with Crippen LogP contribution in [0.4, 0.5) is 0 Å². The molecule has 1 N–H and O–H groups in total. The number of nitrogens with zero attached hydrogens (tertiary/aromatic N) is 3. The Labute approximate surface area is 143 Å². The van der Waals surface area contributed by atoms with E-state index in [1.807, 2.05) is 23.0 Å². The fourth-order valence-electron chi connectivity index (χ4n) is 3.30. The summed E-state index contributed by atoms with van der Waals surface area (Å²) in [5, 5.41) is 14.7. The first-order valence-electron chi connectivity index (χ1n) is 8.72. The van der Waals surface area contributed by atoms with Crippen LogP contribution in [0, 0.1) is 6.92 Å². The van der Waals surface area contributed by atoms with E-state index in [4.69, 9.17) is 9.15 Å². The third-order valence-electron chi connectivity index (χ3n) is 4.49. The van der Waals surface area contributed by atoms with Crippen LogP contribution in [0.25, 0.3) is 0 Å². The number of hydrogen-bond donors (Lipinski definition) is 1. The van der Waals surface area contributed by atoms with Crippen LogP contribution in [0.2, 0.25) is 0 Å². The van der Waals surface area contributed by atoms with Crippen LogP contribution < -0.4 is 0 Å². The van der Waals surface area contributed by atoms with Gasteiger partial charge in [0.2, 0.25) is 0 Å². The van der Waals surface area contributed by atoms with E-state index in [1.54, 1.807) is 6.26 Å². The first-order valence-corrected chi connectivity index (χ1v) is 8.72. The highest BCUT2D eigenvalue weighted by molar-refractivity contribution is 5.00. The molecule has 0 radical (unpaired) electrons. The summed E-state index contributed by atoms with van der Waals surface area (Å²) >= 11 is 0. The molecule has 1 aliphatic heterocycles. The molecular formula is C18H27N3O3. The molecule has 1 aliphatic rings. The van der Waals surface area contributed by atoms with Crippen molar-refractivity contribution in [3.8, 4) is 0 Å². The van der Waals surface area contributed by atoms with Gasteiger partial charge in [-0.1, -0.05) is 6.42 Å². The van der Waals surface area contributed by atoms with Gasteiger partial charge < -0.3 is 14.3 Å². The Hall–Kier alpha value is -1.63. The molecule has 0 aromatic carbocycles. The van der Waals surface area contributed by atoms with Gasteiger partial charge in [-0.05, 0) is 44.0 Å². The Morgan fingerprint density at radius 2 is 2.38 bits per heavy atom. The van der Waals surface area contributed by atoms with Crippen LogP contribution in [0.5, 0.6) is 0 Å². The fourth-order valence-corrected chi connectivity index (χ4v) is 3.30. The van der Waals surface area contributed by atoms with Crippen LogP contribution in [0.3, 0.4) is 0 Å². The largest absolute Gasteiger partial charge is 0.467 e. The lowest BCUT2D eigenvalue weighted by Gasteiger charge is -2.36. The van der Waals surface area contributed by atoms with Crippen molar-refractivity contribution in [2.24, 2.45) is 0 Å². The standard InChI is InChI=1S/C18H27N3O3/c1-15-9-19-21(10-15)11-16-5-2-3-7-20(16)12-17(22)13-23-14-18-6-4-8-24-18/h4,6,8-10,16-17,22H,2-3,5,7,11-14H2,1H3. The van der Waals surface area contributed by atoms with E-state index < -0.39 is 6.10 Å². The molecule has 6 nitrogen and oxygen atoms in total. The lowest BCUT2D eigenvalue weighted by Crippen LogP contribution is -2.46. The highest BCUT2D eigenvalue weighted by Gasteiger charge is 2.25. The van der Waals surface area contributed by atoms with Crippen molar-refractivity contribution >= 4 is 0 Å². The second-order valence-electron chi connectivity index (χ2n) is 6.63. The van der Waals surface area contributed by atoms with Gasteiger partial charge in [0.15, 0.2) is 0 Å². The van der Waals surface area contributed by atoms with Gasteiger partial charge in [0, 0.05) is 18.8 Å². The van der Waals surface area contributed by atoms with Crippen LogP contribution >= 0.6 is 0 Å². The number of β-amino-alcohol motifs (C(OH)–C–C–N with tert-alkyl or cyclic N) is 1. The fraction of sp³-hybridized carbons (Fsp3) is 0.611. The van der Waals surface area contributed by atoms with Gasteiger partial charge in [-0.25, -0.2) is 0 Å². The van der Waals surface area contributed by atoms with E-state index >= 15 is 0 Å². The highest BCUT2D eigenvalue weighted by atomic mass is 16.5. The highest BCUT2D eigenvalue weighted by Crippen LogP contribution is 2.19. The molecule has 0 saturated carbocycles. The normalized spacial score (nSPS) is 20.3. The van der Waals surface area contributed by atoms with Crippen molar-refractivity contribution < 1.29 is 14.3 Å². The molecule has 2 aromatic heterocycles. The molecule has 0 aliphatic carbocycles. The number of likely N-dealkylation sites (tertiary alicyclic amines) is 1. The molecule has 0 bridgehead atoms. The summed E-state index contributed by atoms with van der Waals surface area (Å²) in [6, 6.07) is 4.14. The van der Waals surface area contributed by atoms with Gasteiger partial charge in [-0.3, -0.25) is 9.58 Å². The van der Waals surface area contributed by atoms with Crippen molar-refractivity contribution in [3.05, 3.63) is 42.1 Å². The molecule has 3 rings (SSSR count). The molecule has 1 fully saturated rings. The van der Waals surface area contributed by atoms with E-state index in [0.717, 1.165) is 25.3 Å². The number of furan rings is 1. The zero-order chi connectivity index (χ0) is 16.8. The molecule has 132 valence electrons. The first kappa shape index (κ1) is 17.2. The van der Waals surface area contributed by atoms with Crippen molar-refractivity contribution in [3.63, 3.8) is 0 Å². The topological polar surface area (TPSA) is 63.7 Å². The molecule has 2 aromatic rings. The number of rotatable bonds is 8. The monoisotopic (exact) mass is 333 g/mol. The Bertz CT molecular complexity index is 596. The quantitative estimate of drug-likeness (QED) is 0.802. The van der Waals surface area contributed by atoms with Crippen LogP contribution in [0.15, 0.2) is 35.2 Å². The van der Waals surface area contributed by atoms with Crippen molar-refractivity contribution in [2.45, 2.75) is 51.5 Å². The number of aromatic nitrogens is 2. The van der Waals surface area contributed by atoms with Gasteiger partial charge in [0.05, 0.1) is 31.7 Å². The molecule has 6 heteroatoms. The Morgan fingerprint density at radius 1 is 1.46 bits per heavy atom. The summed E-state index contributed by atoms with van der Waals surface area (Å²) in [4.78, 5) is 2.38. The van der Waals surface area contributed by atoms with E-state index in [-0.39, 0.29) is 0 Å². The lowest BCUT2D eigenvalue weighted by molar-refractivity contribution is -0.00928. The molecule has 1 saturated heterocycles. The zero-order valence-corrected chi connectivity index (χ0v) is 14.3. The summed E-state index contributed by atoms with van der Waals surface area (Å²) in [5.41, 5.74) is 1.18. The second-order valence-corrected chi connectivity index (χ2v) is 6.63. The predicted octanol–water partition coefficient (Wildman–Crippen LogP) is 2.22. The lowest BCUT2D eigenvalue weighted by atomic mass is 10.0. The predicted molar refractivity (Wildman–Crippen MR) is 90.5 cm³/mol. The Kier molecular flexibility index (Phi) is 6.07. The third-order valence-corrected chi connectivity index (χ3v) is 4.49. The number of aryl methyl sites for hydroxylation is 1. The zero-order valence-electron chi connectivity index (χ0n) is 14.3.